The minimum Gasteiger partial charge on any atom is -0.462 e. The highest BCUT2D eigenvalue weighted by Gasteiger charge is 2.24. The van der Waals surface area contributed by atoms with Crippen LogP contribution in [0.4, 0.5) is 0 Å². The van der Waals surface area contributed by atoms with Crippen LogP contribution >= 0.6 is 0 Å². The van der Waals surface area contributed by atoms with Crippen LogP contribution in [0.2, 0.25) is 0 Å². The van der Waals surface area contributed by atoms with Gasteiger partial charge in [-0.05, 0) is 83.5 Å². The molecule has 6 heteroatoms. The van der Waals surface area contributed by atoms with Crippen LogP contribution in [0.5, 0.6) is 0 Å². The van der Waals surface area contributed by atoms with Gasteiger partial charge in [0.2, 0.25) is 5.91 Å². The summed E-state index contributed by atoms with van der Waals surface area (Å²) in [4.78, 5) is 26.1. The molecule has 0 radical (unpaired) electrons. The standard InChI is InChI=1S/C53H95NO5/c1-4-7-10-13-16-19-22-25-27-29-32-35-38-41-44-49(59-53(58)46-43-40-37-34-31-24-21-18-15-12-9-6-3)47-52(57)54-50(48-55)51(56)45-42-39-36-33-30-28-26-23-20-17-14-11-8-5-2/h7,10,16,18-19,21,25,27,32,35,49-51,55-56H,4-6,8-9,11-15,17,20,22-24,26,28-31,33-34,36-48H2,1-3H3,(H,54,57)/b10-7+,19-16+,21-18-,27-25+,35-32+. The Morgan fingerprint density at radius 1 is 0.508 bits per heavy atom. The fourth-order valence-corrected chi connectivity index (χ4v) is 7.30. The largest absolute Gasteiger partial charge is 0.462 e. The van der Waals surface area contributed by atoms with Gasteiger partial charge in [-0.3, -0.25) is 9.59 Å². The van der Waals surface area contributed by atoms with Crippen molar-refractivity contribution in [2.24, 2.45) is 0 Å². The third-order valence-electron chi connectivity index (χ3n) is 11.1. The molecule has 0 aliphatic rings. The topological polar surface area (TPSA) is 95.9 Å². The normalized spacial score (nSPS) is 13.8. The summed E-state index contributed by atoms with van der Waals surface area (Å²) < 4.78 is 5.89. The zero-order chi connectivity index (χ0) is 43.1. The molecule has 0 saturated heterocycles. The van der Waals surface area contributed by atoms with Crippen molar-refractivity contribution in [2.75, 3.05) is 6.61 Å². The van der Waals surface area contributed by atoms with Crippen LogP contribution in [0.3, 0.4) is 0 Å². The minimum atomic E-state index is -0.803. The van der Waals surface area contributed by atoms with E-state index in [1.54, 1.807) is 0 Å². The Kier molecular flexibility index (Phi) is 44.7. The third-order valence-corrected chi connectivity index (χ3v) is 11.1. The highest BCUT2D eigenvalue weighted by Crippen LogP contribution is 2.17. The first-order valence-electron chi connectivity index (χ1n) is 25.0. The van der Waals surface area contributed by atoms with Crippen LogP contribution in [0, 0.1) is 0 Å². The average molecular weight is 826 g/mol. The Morgan fingerprint density at radius 2 is 0.932 bits per heavy atom. The van der Waals surface area contributed by atoms with Gasteiger partial charge in [-0.2, -0.15) is 0 Å². The summed E-state index contributed by atoms with van der Waals surface area (Å²) in [7, 11) is 0. The van der Waals surface area contributed by atoms with Gasteiger partial charge in [-0.1, -0.05) is 204 Å². The monoisotopic (exact) mass is 826 g/mol. The van der Waals surface area contributed by atoms with Crippen LogP contribution in [0.25, 0.3) is 0 Å². The van der Waals surface area contributed by atoms with Gasteiger partial charge in [0, 0.05) is 6.42 Å². The SMILES string of the molecule is CC/C=C/C/C=C/C/C=C/C/C=C/CCCC(CC(=O)NC(CO)C(O)CCCCCCCCCCCCCCCC)OC(=O)CCCCCCC/C=C\CCCCC. The predicted octanol–water partition coefficient (Wildman–Crippen LogP) is 14.8. The second kappa shape index (κ2) is 46.6. The Hall–Kier alpha value is -2.44. The molecule has 6 nitrogen and oxygen atoms in total. The number of nitrogens with one attached hydrogen (secondary N) is 1. The Bertz CT molecular complexity index is 1060. The minimum absolute atomic E-state index is 0.0357. The summed E-state index contributed by atoms with van der Waals surface area (Å²) in [6, 6.07) is -0.721. The molecule has 3 unspecified atom stereocenters. The second-order valence-electron chi connectivity index (χ2n) is 16.8. The number of unbranched alkanes of at least 4 members (excludes halogenated alkanes) is 22. The molecule has 0 aromatic carbocycles. The molecule has 59 heavy (non-hydrogen) atoms. The number of esters is 1. The highest BCUT2D eigenvalue weighted by atomic mass is 16.5. The van der Waals surface area contributed by atoms with Crippen molar-refractivity contribution in [1.29, 1.82) is 0 Å². The number of carbonyl (C=O) groups is 2. The lowest BCUT2D eigenvalue weighted by Crippen LogP contribution is -2.46. The zero-order valence-electron chi connectivity index (χ0n) is 38.9. The van der Waals surface area contributed by atoms with Gasteiger partial charge in [0.1, 0.15) is 6.10 Å². The van der Waals surface area contributed by atoms with Crippen molar-refractivity contribution in [2.45, 2.75) is 257 Å². The summed E-state index contributed by atoms with van der Waals surface area (Å²) in [6.45, 7) is 6.33. The maximum Gasteiger partial charge on any atom is 0.306 e. The van der Waals surface area contributed by atoms with Crippen LogP contribution in [-0.4, -0.2) is 46.9 Å². The first-order chi connectivity index (χ1) is 29.0. The lowest BCUT2D eigenvalue weighted by molar-refractivity contribution is -0.151. The molecule has 342 valence electrons. The van der Waals surface area contributed by atoms with Crippen LogP contribution < -0.4 is 5.32 Å². The van der Waals surface area contributed by atoms with Crippen LogP contribution in [0.15, 0.2) is 60.8 Å². The fraction of sp³-hybridized carbons (Fsp3) is 0.774. The zero-order valence-corrected chi connectivity index (χ0v) is 38.9. The molecular weight excluding hydrogens is 731 g/mol. The summed E-state index contributed by atoms with van der Waals surface area (Å²) in [5, 5.41) is 23.7. The molecule has 0 aromatic heterocycles. The summed E-state index contributed by atoms with van der Waals surface area (Å²) in [5.41, 5.74) is 0. The van der Waals surface area contributed by atoms with Gasteiger partial charge in [0.25, 0.3) is 0 Å². The Balaban J connectivity index is 4.66. The maximum absolute atomic E-state index is 13.2. The number of aliphatic hydroxyl groups is 2. The third kappa shape index (κ3) is 42.1. The Morgan fingerprint density at radius 3 is 1.47 bits per heavy atom. The molecule has 0 saturated carbocycles. The summed E-state index contributed by atoms with van der Waals surface area (Å²) in [5.74, 6) is -0.539. The van der Waals surface area contributed by atoms with Gasteiger partial charge in [0.05, 0.1) is 25.2 Å². The molecule has 0 heterocycles. The Labute approximate surface area is 365 Å². The van der Waals surface area contributed by atoms with Crippen LogP contribution in [0.1, 0.15) is 239 Å². The molecule has 0 aromatic rings. The molecule has 0 aliphatic carbocycles. The molecular formula is C53H95NO5. The lowest BCUT2D eigenvalue weighted by Gasteiger charge is -2.24. The predicted molar refractivity (Wildman–Crippen MR) is 255 cm³/mol. The average Bonchev–Trinajstić information content (AvgIpc) is 3.23. The number of hydrogen-bond donors (Lipinski definition) is 3. The van der Waals surface area contributed by atoms with E-state index in [0.29, 0.717) is 19.3 Å². The number of allylic oxidation sites excluding steroid dienone is 10. The molecule has 0 fully saturated rings. The molecule has 3 atom stereocenters. The van der Waals surface area contributed by atoms with E-state index in [1.165, 1.54) is 109 Å². The van der Waals surface area contributed by atoms with E-state index < -0.39 is 18.2 Å². The van der Waals surface area contributed by atoms with Gasteiger partial charge < -0.3 is 20.3 Å². The number of carbonyl (C=O) groups excluding carboxylic acids is 2. The molecule has 0 aliphatic heterocycles. The van der Waals surface area contributed by atoms with Crippen molar-refractivity contribution >= 4 is 11.9 Å². The van der Waals surface area contributed by atoms with E-state index in [0.717, 1.165) is 83.5 Å². The fourth-order valence-electron chi connectivity index (χ4n) is 7.30. The van der Waals surface area contributed by atoms with Crippen molar-refractivity contribution in [3.63, 3.8) is 0 Å². The van der Waals surface area contributed by atoms with Gasteiger partial charge >= 0.3 is 5.97 Å². The smallest absolute Gasteiger partial charge is 0.306 e. The number of hydrogen-bond acceptors (Lipinski definition) is 5. The molecule has 0 spiro atoms. The maximum atomic E-state index is 13.2. The van der Waals surface area contributed by atoms with E-state index in [9.17, 15) is 19.8 Å². The summed E-state index contributed by atoms with van der Waals surface area (Å²) in [6.07, 6.45) is 57.1. The van der Waals surface area contributed by atoms with E-state index in [1.807, 2.05) is 0 Å². The van der Waals surface area contributed by atoms with Crippen molar-refractivity contribution in [1.82, 2.24) is 5.32 Å². The van der Waals surface area contributed by atoms with E-state index in [2.05, 4.69) is 86.8 Å². The quantitative estimate of drug-likeness (QED) is 0.0323. The summed E-state index contributed by atoms with van der Waals surface area (Å²) >= 11 is 0. The molecule has 3 N–H and O–H groups in total. The highest BCUT2D eigenvalue weighted by molar-refractivity contribution is 5.77. The first kappa shape index (κ1) is 56.6. The lowest BCUT2D eigenvalue weighted by atomic mass is 10.0. The van der Waals surface area contributed by atoms with Gasteiger partial charge in [-0.25, -0.2) is 0 Å². The van der Waals surface area contributed by atoms with E-state index in [-0.39, 0.29) is 24.9 Å². The van der Waals surface area contributed by atoms with Crippen molar-refractivity contribution in [3.05, 3.63) is 60.8 Å². The molecule has 1 amide bonds. The van der Waals surface area contributed by atoms with Crippen molar-refractivity contribution in [3.8, 4) is 0 Å². The molecule has 0 rings (SSSR count). The number of amides is 1. The first-order valence-corrected chi connectivity index (χ1v) is 25.0. The van der Waals surface area contributed by atoms with E-state index in [4.69, 9.17) is 4.74 Å². The van der Waals surface area contributed by atoms with E-state index >= 15 is 0 Å². The van der Waals surface area contributed by atoms with Gasteiger partial charge in [0.15, 0.2) is 0 Å². The molecule has 0 bridgehead atoms. The van der Waals surface area contributed by atoms with Gasteiger partial charge in [-0.15, -0.1) is 0 Å². The number of rotatable bonds is 44. The van der Waals surface area contributed by atoms with Crippen LogP contribution in [-0.2, 0) is 14.3 Å². The number of ether oxygens (including phenoxy) is 1. The second-order valence-corrected chi connectivity index (χ2v) is 16.8. The van der Waals surface area contributed by atoms with Crippen molar-refractivity contribution < 1.29 is 24.5 Å². The number of aliphatic hydroxyl groups excluding tert-OH is 2.